The molecule has 0 spiro atoms. The molecule has 0 aliphatic rings. The van der Waals surface area contributed by atoms with Gasteiger partial charge in [-0.3, -0.25) is 14.8 Å². The van der Waals surface area contributed by atoms with Gasteiger partial charge in [0.25, 0.3) is 0 Å². The van der Waals surface area contributed by atoms with Crippen molar-refractivity contribution in [2.45, 2.75) is 12.8 Å². The van der Waals surface area contributed by atoms with Crippen molar-refractivity contribution in [2.75, 3.05) is 0 Å². The number of aromatic nitrogens is 3. The monoisotopic (exact) mass is 377 g/mol. The van der Waals surface area contributed by atoms with Crippen molar-refractivity contribution in [2.24, 2.45) is 0 Å². The quantitative estimate of drug-likeness (QED) is 0.483. The molecule has 1 N–H and O–H groups in total. The molecule has 4 heteroatoms. The molecule has 0 fully saturated rings. The predicted octanol–water partition coefficient (Wildman–Crippen LogP) is 4.92. The highest BCUT2D eigenvalue weighted by Gasteiger charge is 2.11. The summed E-state index contributed by atoms with van der Waals surface area (Å²) in [5.41, 5.74) is 4.00. The third-order valence-electron chi connectivity index (χ3n) is 5.28. The fourth-order valence-electron chi connectivity index (χ4n) is 3.74. The van der Waals surface area contributed by atoms with Crippen LogP contribution in [0.25, 0.3) is 32.9 Å². The van der Waals surface area contributed by atoms with Gasteiger partial charge < -0.3 is 4.98 Å². The minimum Gasteiger partial charge on any atom is -0.329 e. The van der Waals surface area contributed by atoms with E-state index in [-0.39, 0.29) is 5.56 Å². The zero-order chi connectivity index (χ0) is 19.6. The number of nitrogens with one attached hydrogen (secondary N) is 1. The summed E-state index contributed by atoms with van der Waals surface area (Å²) in [5, 5.41) is 4.58. The largest absolute Gasteiger partial charge is 0.329 e. The molecule has 0 unspecified atom stereocenters. The van der Waals surface area contributed by atoms with E-state index in [9.17, 15) is 4.79 Å². The maximum Gasteiger partial charge on any atom is 0.247 e. The maximum atomic E-state index is 11.3. The molecule has 0 atom stereocenters. The number of pyridine rings is 3. The molecule has 0 amide bonds. The Labute approximate surface area is 167 Å². The van der Waals surface area contributed by atoms with Crippen molar-refractivity contribution >= 4 is 21.5 Å². The van der Waals surface area contributed by atoms with Crippen LogP contribution in [0.4, 0.5) is 0 Å². The minimum atomic E-state index is -0.0758. The average Bonchev–Trinajstić information content (AvgIpc) is 2.78. The van der Waals surface area contributed by atoms with Gasteiger partial charge in [-0.25, -0.2) is 0 Å². The van der Waals surface area contributed by atoms with Gasteiger partial charge in [0.1, 0.15) is 0 Å². The molecule has 4 nitrogen and oxygen atoms in total. The SMILES string of the molecule is O=c1ccc(CCc2cnc(-c3cc4ccccc4cn3)c3ccccc23)c[nH]1. The van der Waals surface area contributed by atoms with Gasteiger partial charge in [0.05, 0.1) is 11.4 Å². The number of aryl methyl sites for hydroxylation is 2. The van der Waals surface area contributed by atoms with E-state index in [0.717, 1.165) is 46.0 Å². The topological polar surface area (TPSA) is 58.6 Å². The van der Waals surface area contributed by atoms with E-state index < -0.39 is 0 Å². The molecular formula is C25H19N3O. The summed E-state index contributed by atoms with van der Waals surface area (Å²) in [4.78, 5) is 23.4. The fraction of sp³-hybridized carbons (Fsp3) is 0.0800. The van der Waals surface area contributed by atoms with Crippen molar-refractivity contribution in [1.82, 2.24) is 15.0 Å². The van der Waals surface area contributed by atoms with Gasteiger partial charge in [-0.1, -0.05) is 54.6 Å². The molecule has 3 heterocycles. The number of H-pyrrole nitrogens is 1. The second-order valence-electron chi connectivity index (χ2n) is 7.16. The summed E-state index contributed by atoms with van der Waals surface area (Å²) in [5.74, 6) is 0. The fourth-order valence-corrected chi connectivity index (χ4v) is 3.74. The minimum absolute atomic E-state index is 0.0758. The molecule has 2 aromatic carbocycles. The maximum absolute atomic E-state index is 11.3. The second kappa shape index (κ2) is 7.32. The Morgan fingerprint density at radius 2 is 1.55 bits per heavy atom. The lowest BCUT2D eigenvalue weighted by Gasteiger charge is -2.11. The van der Waals surface area contributed by atoms with Crippen molar-refractivity contribution < 1.29 is 0 Å². The highest BCUT2D eigenvalue weighted by molar-refractivity contribution is 5.97. The lowest BCUT2D eigenvalue weighted by molar-refractivity contribution is 0.946. The number of benzene rings is 2. The lowest BCUT2D eigenvalue weighted by Crippen LogP contribution is -2.04. The molecule has 0 saturated carbocycles. The Hall–Kier alpha value is -3.79. The molecule has 29 heavy (non-hydrogen) atoms. The molecule has 5 aromatic rings. The molecule has 0 bridgehead atoms. The van der Waals surface area contributed by atoms with Crippen LogP contribution in [0.2, 0.25) is 0 Å². The predicted molar refractivity (Wildman–Crippen MR) is 117 cm³/mol. The van der Waals surface area contributed by atoms with Crippen molar-refractivity contribution in [3.05, 3.63) is 107 Å². The number of fused-ring (bicyclic) bond motifs is 2. The third-order valence-corrected chi connectivity index (χ3v) is 5.28. The van der Waals surface area contributed by atoms with Crippen LogP contribution in [0.1, 0.15) is 11.1 Å². The number of hydrogen-bond donors (Lipinski definition) is 1. The van der Waals surface area contributed by atoms with E-state index in [2.05, 4.69) is 46.4 Å². The zero-order valence-corrected chi connectivity index (χ0v) is 15.8. The van der Waals surface area contributed by atoms with Gasteiger partial charge in [0.2, 0.25) is 5.56 Å². The van der Waals surface area contributed by atoms with Crippen LogP contribution in [-0.4, -0.2) is 15.0 Å². The standard InChI is InChI=1S/C25H19N3O/c29-24-12-10-17(14-27-24)9-11-20-16-28-25(22-8-4-3-7-21(20)22)23-13-18-5-1-2-6-19(18)15-26-23/h1-8,10,12-16H,9,11H2,(H,27,29). The van der Waals surface area contributed by atoms with Crippen LogP contribution < -0.4 is 5.56 Å². The number of aromatic amines is 1. The van der Waals surface area contributed by atoms with Gasteiger partial charge in [0, 0.05) is 35.4 Å². The highest BCUT2D eigenvalue weighted by Crippen LogP contribution is 2.29. The average molecular weight is 377 g/mol. The highest BCUT2D eigenvalue weighted by atomic mass is 16.1. The zero-order valence-electron chi connectivity index (χ0n) is 15.8. The normalized spacial score (nSPS) is 11.2. The lowest BCUT2D eigenvalue weighted by atomic mass is 9.98. The Morgan fingerprint density at radius 3 is 2.38 bits per heavy atom. The van der Waals surface area contributed by atoms with E-state index in [1.54, 1.807) is 12.3 Å². The van der Waals surface area contributed by atoms with Crippen LogP contribution in [0, 0.1) is 0 Å². The van der Waals surface area contributed by atoms with Gasteiger partial charge in [-0.05, 0) is 40.8 Å². The Bertz CT molecular complexity index is 1370. The third kappa shape index (κ3) is 3.41. The van der Waals surface area contributed by atoms with Gasteiger partial charge in [0.15, 0.2) is 0 Å². The number of rotatable bonds is 4. The first kappa shape index (κ1) is 17.3. The van der Waals surface area contributed by atoms with Crippen LogP contribution in [0.3, 0.4) is 0 Å². The van der Waals surface area contributed by atoms with E-state index in [4.69, 9.17) is 4.98 Å². The first-order valence-electron chi connectivity index (χ1n) is 9.67. The van der Waals surface area contributed by atoms with E-state index in [1.807, 2.05) is 36.7 Å². The van der Waals surface area contributed by atoms with Crippen molar-refractivity contribution in [3.8, 4) is 11.4 Å². The molecule has 0 saturated heterocycles. The molecule has 5 rings (SSSR count). The Balaban J connectivity index is 1.55. The summed E-state index contributed by atoms with van der Waals surface area (Å²) in [7, 11) is 0. The Kier molecular flexibility index (Phi) is 4.37. The van der Waals surface area contributed by atoms with Crippen LogP contribution in [0.5, 0.6) is 0 Å². The summed E-state index contributed by atoms with van der Waals surface area (Å²) < 4.78 is 0. The van der Waals surface area contributed by atoms with Gasteiger partial charge >= 0.3 is 0 Å². The summed E-state index contributed by atoms with van der Waals surface area (Å²) >= 11 is 0. The smallest absolute Gasteiger partial charge is 0.247 e. The molecular weight excluding hydrogens is 358 g/mol. The van der Waals surface area contributed by atoms with Crippen LogP contribution in [-0.2, 0) is 12.8 Å². The van der Waals surface area contributed by atoms with E-state index >= 15 is 0 Å². The van der Waals surface area contributed by atoms with Crippen LogP contribution >= 0.6 is 0 Å². The molecule has 0 radical (unpaired) electrons. The first-order valence-corrected chi connectivity index (χ1v) is 9.67. The van der Waals surface area contributed by atoms with E-state index in [0.29, 0.717) is 0 Å². The summed E-state index contributed by atoms with van der Waals surface area (Å²) in [6.07, 6.45) is 7.34. The Morgan fingerprint density at radius 1 is 0.759 bits per heavy atom. The summed E-state index contributed by atoms with van der Waals surface area (Å²) in [6.45, 7) is 0. The molecule has 140 valence electrons. The molecule has 0 aliphatic heterocycles. The molecule has 0 aliphatic carbocycles. The molecule has 3 aromatic heterocycles. The number of nitrogens with zero attached hydrogens (tertiary/aromatic N) is 2. The second-order valence-corrected chi connectivity index (χ2v) is 7.16. The number of hydrogen-bond acceptors (Lipinski definition) is 3. The van der Waals surface area contributed by atoms with Crippen molar-refractivity contribution in [1.29, 1.82) is 0 Å². The van der Waals surface area contributed by atoms with Gasteiger partial charge in [-0.2, -0.15) is 0 Å². The van der Waals surface area contributed by atoms with Gasteiger partial charge in [-0.15, -0.1) is 0 Å². The van der Waals surface area contributed by atoms with E-state index in [1.165, 1.54) is 10.9 Å². The van der Waals surface area contributed by atoms with Crippen LogP contribution in [0.15, 0.2) is 90.1 Å². The summed E-state index contributed by atoms with van der Waals surface area (Å²) in [6, 6.07) is 22.1. The first-order chi connectivity index (χ1) is 14.3. The van der Waals surface area contributed by atoms with Crippen molar-refractivity contribution in [3.63, 3.8) is 0 Å².